The molecule has 0 fully saturated rings. The Labute approximate surface area is 129 Å². The molecule has 0 radical (unpaired) electrons. The van der Waals surface area contributed by atoms with E-state index in [0.717, 1.165) is 5.56 Å². The van der Waals surface area contributed by atoms with Gasteiger partial charge in [-0.05, 0) is 24.6 Å². The minimum atomic E-state index is -0.220. The zero-order chi connectivity index (χ0) is 15.8. The summed E-state index contributed by atoms with van der Waals surface area (Å²) in [6.07, 6.45) is 1.64. The molecule has 0 spiro atoms. The topological polar surface area (TPSA) is 70.9 Å². The summed E-state index contributed by atoms with van der Waals surface area (Å²) >= 11 is 0. The summed E-state index contributed by atoms with van der Waals surface area (Å²) in [6, 6.07) is 14.5. The fraction of sp³-hybridized carbons (Fsp3) is 0.176. The summed E-state index contributed by atoms with van der Waals surface area (Å²) in [6.45, 7) is 2.30. The Morgan fingerprint density at radius 1 is 1.23 bits per heavy atom. The van der Waals surface area contributed by atoms with Gasteiger partial charge in [0.1, 0.15) is 0 Å². The van der Waals surface area contributed by atoms with Crippen molar-refractivity contribution in [2.75, 3.05) is 6.61 Å². The average Bonchev–Trinajstić information content (AvgIpc) is 2.52. The second kappa shape index (κ2) is 7.83. The van der Waals surface area contributed by atoms with Gasteiger partial charge in [-0.1, -0.05) is 36.4 Å². The van der Waals surface area contributed by atoms with Gasteiger partial charge < -0.3 is 9.84 Å². The molecule has 2 N–H and O–H groups in total. The Morgan fingerprint density at radius 2 is 2.00 bits per heavy atom. The van der Waals surface area contributed by atoms with E-state index in [4.69, 9.17) is 4.74 Å². The van der Waals surface area contributed by atoms with Crippen LogP contribution >= 0.6 is 0 Å². The van der Waals surface area contributed by atoms with E-state index in [1.807, 2.05) is 37.3 Å². The lowest BCUT2D eigenvalue weighted by molar-refractivity contribution is -0.120. The van der Waals surface area contributed by atoms with Gasteiger partial charge in [0.15, 0.2) is 11.5 Å². The Bertz CT molecular complexity index is 654. The van der Waals surface area contributed by atoms with E-state index < -0.39 is 0 Å². The quantitative estimate of drug-likeness (QED) is 0.636. The number of para-hydroxylation sites is 1. The van der Waals surface area contributed by atoms with Crippen molar-refractivity contribution in [2.45, 2.75) is 13.3 Å². The number of ether oxygens (including phenoxy) is 1. The molecule has 114 valence electrons. The highest BCUT2D eigenvalue weighted by molar-refractivity contribution is 5.86. The molecule has 5 nitrogen and oxygen atoms in total. The van der Waals surface area contributed by atoms with Gasteiger partial charge in [-0.2, -0.15) is 5.10 Å². The van der Waals surface area contributed by atoms with E-state index in [0.29, 0.717) is 17.9 Å². The number of hydrogen-bond acceptors (Lipinski definition) is 4. The van der Waals surface area contributed by atoms with E-state index in [9.17, 15) is 9.90 Å². The molecule has 5 heteroatoms. The van der Waals surface area contributed by atoms with Gasteiger partial charge in [0.25, 0.3) is 0 Å². The number of nitrogens with zero attached hydrogens (tertiary/aromatic N) is 1. The third-order valence-electron chi connectivity index (χ3n) is 2.93. The van der Waals surface area contributed by atoms with E-state index >= 15 is 0 Å². The predicted octanol–water partition coefficient (Wildman–Crippen LogP) is 2.48. The molecule has 0 saturated carbocycles. The second-order valence-electron chi connectivity index (χ2n) is 4.58. The minimum absolute atomic E-state index is 0.00501. The summed E-state index contributed by atoms with van der Waals surface area (Å²) in [5, 5.41) is 13.9. The highest BCUT2D eigenvalue weighted by atomic mass is 16.5. The van der Waals surface area contributed by atoms with Crippen LogP contribution < -0.4 is 10.2 Å². The Balaban J connectivity index is 1.95. The van der Waals surface area contributed by atoms with E-state index in [1.165, 1.54) is 6.21 Å². The lowest BCUT2D eigenvalue weighted by Gasteiger charge is -2.07. The third-order valence-corrected chi connectivity index (χ3v) is 2.93. The van der Waals surface area contributed by atoms with Crippen molar-refractivity contribution in [3.63, 3.8) is 0 Å². The molecule has 0 heterocycles. The second-order valence-corrected chi connectivity index (χ2v) is 4.58. The van der Waals surface area contributed by atoms with Gasteiger partial charge >= 0.3 is 0 Å². The van der Waals surface area contributed by atoms with Gasteiger partial charge in [-0.25, -0.2) is 5.43 Å². The van der Waals surface area contributed by atoms with Gasteiger partial charge in [-0.3, -0.25) is 4.79 Å². The minimum Gasteiger partial charge on any atom is -0.504 e. The van der Waals surface area contributed by atoms with Crippen LogP contribution in [0.25, 0.3) is 0 Å². The van der Waals surface area contributed by atoms with Gasteiger partial charge in [0.2, 0.25) is 5.91 Å². The van der Waals surface area contributed by atoms with Crippen LogP contribution in [0, 0.1) is 0 Å². The molecular formula is C17H18N2O3. The number of phenols is 1. The predicted molar refractivity (Wildman–Crippen MR) is 85.2 cm³/mol. The molecule has 22 heavy (non-hydrogen) atoms. The van der Waals surface area contributed by atoms with Crippen LogP contribution in [-0.4, -0.2) is 23.8 Å². The van der Waals surface area contributed by atoms with Crippen molar-refractivity contribution in [1.82, 2.24) is 5.43 Å². The Hall–Kier alpha value is -2.82. The van der Waals surface area contributed by atoms with Crippen LogP contribution in [0.2, 0.25) is 0 Å². The van der Waals surface area contributed by atoms with Crippen LogP contribution in [0.4, 0.5) is 0 Å². The van der Waals surface area contributed by atoms with Crippen molar-refractivity contribution < 1.29 is 14.6 Å². The summed E-state index contributed by atoms with van der Waals surface area (Å²) in [4.78, 5) is 11.7. The number of rotatable bonds is 6. The maximum atomic E-state index is 11.7. The molecule has 0 aliphatic carbocycles. The maximum Gasteiger partial charge on any atom is 0.244 e. The van der Waals surface area contributed by atoms with Crippen LogP contribution in [0.5, 0.6) is 11.5 Å². The highest BCUT2D eigenvalue weighted by Crippen LogP contribution is 2.28. The SMILES string of the molecule is CCOc1cccc(/C=N/NC(=O)Cc2ccccc2)c1O. The molecule has 0 aliphatic rings. The average molecular weight is 298 g/mol. The monoisotopic (exact) mass is 298 g/mol. The molecule has 0 unspecified atom stereocenters. The van der Waals surface area contributed by atoms with Gasteiger partial charge in [0.05, 0.1) is 19.2 Å². The molecule has 0 aliphatic heterocycles. The summed E-state index contributed by atoms with van der Waals surface area (Å²) < 4.78 is 5.28. The van der Waals surface area contributed by atoms with Crippen molar-refractivity contribution in [2.24, 2.45) is 5.10 Å². The molecule has 2 aromatic carbocycles. The van der Waals surface area contributed by atoms with Crippen LogP contribution in [0.3, 0.4) is 0 Å². The smallest absolute Gasteiger partial charge is 0.244 e. The Morgan fingerprint density at radius 3 is 2.73 bits per heavy atom. The highest BCUT2D eigenvalue weighted by Gasteiger charge is 2.06. The molecule has 0 bridgehead atoms. The van der Waals surface area contributed by atoms with Crippen molar-refractivity contribution in [3.8, 4) is 11.5 Å². The number of benzene rings is 2. The number of hydrogen-bond donors (Lipinski definition) is 2. The van der Waals surface area contributed by atoms with E-state index in [1.54, 1.807) is 18.2 Å². The standard InChI is InChI=1S/C17H18N2O3/c1-2-22-15-10-6-9-14(17(15)21)12-18-19-16(20)11-13-7-4-3-5-8-13/h3-10,12,21H,2,11H2,1H3,(H,19,20)/b18-12+. The van der Waals surface area contributed by atoms with Crippen molar-refractivity contribution in [3.05, 3.63) is 59.7 Å². The molecule has 0 saturated heterocycles. The first-order chi connectivity index (χ1) is 10.7. The molecule has 0 aromatic heterocycles. The summed E-state index contributed by atoms with van der Waals surface area (Å²) in [5.74, 6) is 0.176. The largest absolute Gasteiger partial charge is 0.504 e. The zero-order valence-corrected chi connectivity index (χ0v) is 12.3. The van der Waals surface area contributed by atoms with Gasteiger partial charge in [0, 0.05) is 5.56 Å². The number of aromatic hydroxyl groups is 1. The van der Waals surface area contributed by atoms with E-state index in [-0.39, 0.29) is 18.1 Å². The van der Waals surface area contributed by atoms with Crippen LogP contribution in [0.15, 0.2) is 53.6 Å². The first-order valence-electron chi connectivity index (χ1n) is 7.01. The third kappa shape index (κ3) is 4.34. The molecule has 2 aromatic rings. The zero-order valence-electron chi connectivity index (χ0n) is 12.3. The number of nitrogens with one attached hydrogen (secondary N) is 1. The van der Waals surface area contributed by atoms with E-state index in [2.05, 4.69) is 10.5 Å². The molecule has 1 amide bonds. The van der Waals surface area contributed by atoms with Gasteiger partial charge in [-0.15, -0.1) is 0 Å². The molecule has 0 atom stereocenters. The number of hydrazone groups is 1. The normalized spacial score (nSPS) is 10.6. The van der Waals surface area contributed by atoms with Crippen LogP contribution in [-0.2, 0) is 11.2 Å². The lowest BCUT2D eigenvalue weighted by Crippen LogP contribution is -2.19. The molecular weight excluding hydrogens is 280 g/mol. The number of phenolic OH excluding ortho intramolecular Hbond substituents is 1. The lowest BCUT2D eigenvalue weighted by atomic mass is 10.1. The summed E-state index contributed by atoms with van der Waals surface area (Å²) in [5.41, 5.74) is 3.83. The first-order valence-corrected chi connectivity index (χ1v) is 7.01. The summed E-state index contributed by atoms with van der Waals surface area (Å²) in [7, 11) is 0. The van der Waals surface area contributed by atoms with Crippen LogP contribution in [0.1, 0.15) is 18.1 Å². The Kier molecular flexibility index (Phi) is 5.54. The fourth-order valence-electron chi connectivity index (χ4n) is 1.91. The fourth-order valence-corrected chi connectivity index (χ4v) is 1.91. The first kappa shape index (κ1) is 15.6. The van der Waals surface area contributed by atoms with Crippen molar-refractivity contribution in [1.29, 1.82) is 0 Å². The number of carbonyl (C=O) groups is 1. The number of amides is 1. The van der Waals surface area contributed by atoms with Crippen molar-refractivity contribution >= 4 is 12.1 Å². The maximum absolute atomic E-state index is 11.7. The number of carbonyl (C=O) groups excluding carboxylic acids is 1. The molecule has 2 rings (SSSR count).